The molecular formula is C16H19ClN2O2. The Morgan fingerprint density at radius 2 is 1.81 bits per heavy atom. The zero-order valence-corrected chi connectivity index (χ0v) is 13.1. The van der Waals surface area contributed by atoms with Crippen LogP contribution < -0.4 is 11.2 Å². The summed E-state index contributed by atoms with van der Waals surface area (Å²) in [4.78, 5) is 27.5. The highest BCUT2D eigenvalue weighted by Gasteiger charge is 2.21. The van der Waals surface area contributed by atoms with Gasteiger partial charge in [0, 0.05) is 6.04 Å². The lowest BCUT2D eigenvalue weighted by Crippen LogP contribution is -2.40. The Labute approximate surface area is 128 Å². The largest absolute Gasteiger partial charge is 0.329 e. The first kappa shape index (κ1) is 15.6. The van der Waals surface area contributed by atoms with Crippen LogP contribution in [0.3, 0.4) is 0 Å². The number of H-pyrrole nitrogens is 1. The van der Waals surface area contributed by atoms with Gasteiger partial charge in [0.05, 0.1) is 5.56 Å². The van der Waals surface area contributed by atoms with Crippen LogP contribution in [0, 0.1) is 5.92 Å². The average molecular weight is 307 g/mol. The van der Waals surface area contributed by atoms with Crippen LogP contribution in [0.2, 0.25) is 5.15 Å². The topological polar surface area (TPSA) is 54.9 Å². The lowest BCUT2D eigenvalue weighted by Gasteiger charge is -2.21. The van der Waals surface area contributed by atoms with Gasteiger partial charge in [-0.15, -0.1) is 0 Å². The molecule has 0 saturated heterocycles. The van der Waals surface area contributed by atoms with E-state index in [1.807, 2.05) is 51.1 Å². The minimum absolute atomic E-state index is 0.0889. The summed E-state index contributed by atoms with van der Waals surface area (Å²) < 4.78 is 1.29. The standard InChI is InChI=1S/C16H19ClN2O2/c1-4-12(10(2)3)19-15(20)13(14(17)18-16(19)21)11-8-6-5-7-9-11/h5-10,12H,4H2,1-3H3,(H,18,21). The van der Waals surface area contributed by atoms with Gasteiger partial charge in [-0.3, -0.25) is 14.3 Å². The normalized spacial score (nSPS) is 12.6. The number of hydrogen-bond acceptors (Lipinski definition) is 2. The molecule has 0 saturated carbocycles. The molecule has 0 spiro atoms. The van der Waals surface area contributed by atoms with Crippen molar-refractivity contribution in [2.75, 3.05) is 0 Å². The number of benzene rings is 1. The van der Waals surface area contributed by atoms with E-state index in [4.69, 9.17) is 11.6 Å². The van der Waals surface area contributed by atoms with E-state index in [9.17, 15) is 9.59 Å². The fourth-order valence-electron chi connectivity index (χ4n) is 2.63. The Bertz CT molecular complexity index is 732. The molecule has 0 fully saturated rings. The number of nitrogens with zero attached hydrogens (tertiary/aromatic N) is 1. The van der Waals surface area contributed by atoms with Crippen LogP contribution in [-0.2, 0) is 0 Å². The zero-order chi connectivity index (χ0) is 15.6. The summed E-state index contributed by atoms with van der Waals surface area (Å²) in [5, 5.41) is 0.0889. The van der Waals surface area contributed by atoms with Crippen molar-refractivity contribution in [1.82, 2.24) is 9.55 Å². The molecule has 2 aromatic rings. The van der Waals surface area contributed by atoms with Gasteiger partial charge in [-0.25, -0.2) is 4.79 Å². The summed E-state index contributed by atoms with van der Waals surface area (Å²) in [6.07, 6.45) is 0.705. The molecule has 1 heterocycles. The minimum atomic E-state index is -0.453. The van der Waals surface area contributed by atoms with Crippen molar-refractivity contribution in [3.05, 3.63) is 56.3 Å². The van der Waals surface area contributed by atoms with E-state index < -0.39 is 5.69 Å². The second-order valence-corrected chi connectivity index (χ2v) is 5.76. The summed E-state index contributed by atoms with van der Waals surface area (Å²) in [7, 11) is 0. The molecule has 21 heavy (non-hydrogen) atoms. The quantitative estimate of drug-likeness (QED) is 0.879. The first-order valence-corrected chi connectivity index (χ1v) is 7.44. The van der Waals surface area contributed by atoms with Crippen LogP contribution in [-0.4, -0.2) is 9.55 Å². The molecular weight excluding hydrogens is 288 g/mol. The van der Waals surface area contributed by atoms with E-state index in [2.05, 4.69) is 4.98 Å². The maximum atomic E-state index is 12.8. The third-order valence-corrected chi connectivity index (χ3v) is 3.95. The fraction of sp³-hybridized carbons (Fsp3) is 0.375. The molecule has 0 amide bonds. The van der Waals surface area contributed by atoms with Crippen molar-refractivity contribution in [2.24, 2.45) is 5.92 Å². The highest BCUT2D eigenvalue weighted by Crippen LogP contribution is 2.23. The van der Waals surface area contributed by atoms with E-state index >= 15 is 0 Å². The van der Waals surface area contributed by atoms with Crippen LogP contribution in [0.15, 0.2) is 39.9 Å². The van der Waals surface area contributed by atoms with Crippen LogP contribution in [0.25, 0.3) is 11.1 Å². The average Bonchev–Trinajstić information content (AvgIpc) is 2.43. The summed E-state index contributed by atoms with van der Waals surface area (Å²) in [6.45, 7) is 5.96. The second-order valence-electron chi connectivity index (χ2n) is 5.38. The van der Waals surface area contributed by atoms with Crippen molar-refractivity contribution in [3.8, 4) is 11.1 Å². The molecule has 112 valence electrons. The van der Waals surface area contributed by atoms with E-state index in [-0.39, 0.29) is 22.7 Å². The van der Waals surface area contributed by atoms with Crippen LogP contribution in [0.5, 0.6) is 0 Å². The Hall–Kier alpha value is -1.81. The van der Waals surface area contributed by atoms with Gasteiger partial charge in [0.25, 0.3) is 5.56 Å². The maximum Gasteiger partial charge on any atom is 0.329 e. The molecule has 2 rings (SSSR count). The first-order valence-electron chi connectivity index (χ1n) is 7.07. The van der Waals surface area contributed by atoms with E-state index in [0.29, 0.717) is 17.5 Å². The zero-order valence-electron chi connectivity index (χ0n) is 12.4. The maximum absolute atomic E-state index is 12.8. The van der Waals surface area contributed by atoms with Gasteiger partial charge in [0.2, 0.25) is 0 Å². The highest BCUT2D eigenvalue weighted by atomic mass is 35.5. The molecule has 1 unspecified atom stereocenters. The SMILES string of the molecule is CCC(C(C)C)n1c(=O)[nH]c(Cl)c(-c2ccccc2)c1=O. The molecule has 0 aliphatic carbocycles. The second kappa shape index (κ2) is 6.31. The van der Waals surface area contributed by atoms with E-state index in [0.717, 1.165) is 0 Å². The van der Waals surface area contributed by atoms with Gasteiger partial charge in [0.1, 0.15) is 5.15 Å². The van der Waals surface area contributed by atoms with Crippen molar-refractivity contribution in [1.29, 1.82) is 0 Å². The summed E-state index contributed by atoms with van der Waals surface area (Å²) in [6, 6.07) is 9.00. The van der Waals surface area contributed by atoms with Gasteiger partial charge in [0.15, 0.2) is 0 Å². The van der Waals surface area contributed by atoms with Crippen molar-refractivity contribution in [3.63, 3.8) is 0 Å². The Kier molecular flexibility index (Phi) is 4.68. The molecule has 0 aliphatic rings. The van der Waals surface area contributed by atoms with Gasteiger partial charge >= 0.3 is 5.69 Å². The third kappa shape index (κ3) is 2.95. The lowest BCUT2D eigenvalue weighted by molar-refractivity contribution is 0.345. The van der Waals surface area contributed by atoms with Crippen LogP contribution >= 0.6 is 11.6 Å². The fourth-order valence-corrected chi connectivity index (χ4v) is 2.90. The van der Waals surface area contributed by atoms with Crippen LogP contribution in [0.1, 0.15) is 33.2 Å². The van der Waals surface area contributed by atoms with Crippen molar-refractivity contribution >= 4 is 11.6 Å². The predicted octanol–water partition coefficient (Wildman–Crippen LogP) is 3.46. The molecule has 0 aliphatic heterocycles. The molecule has 1 aromatic carbocycles. The number of aromatic nitrogens is 2. The smallest absolute Gasteiger partial charge is 0.297 e. The predicted molar refractivity (Wildman–Crippen MR) is 85.9 cm³/mol. The Morgan fingerprint density at radius 3 is 2.33 bits per heavy atom. The van der Waals surface area contributed by atoms with Crippen molar-refractivity contribution < 1.29 is 0 Å². The summed E-state index contributed by atoms with van der Waals surface area (Å²) in [5.74, 6) is 0.179. The molecule has 1 atom stereocenters. The van der Waals surface area contributed by atoms with E-state index in [1.165, 1.54) is 4.57 Å². The number of hydrogen-bond donors (Lipinski definition) is 1. The van der Waals surface area contributed by atoms with E-state index in [1.54, 1.807) is 0 Å². The minimum Gasteiger partial charge on any atom is -0.297 e. The Balaban J connectivity index is 2.76. The molecule has 4 nitrogen and oxygen atoms in total. The summed E-state index contributed by atoms with van der Waals surface area (Å²) >= 11 is 6.10. The number of halogens is 1. The van der Waals surface area contributed by atoms with Gasteiger partial charge in [-0.1, -0.05) is 62.7 Å². The van der Waals surface area contributed by atoms with Crippen molar-refractivity contribution in [2.45, 2.75) is 33.2 Å². The third-order valence-electron chi connectivity index (χ3n) is 3.67. The monoisotopic (exact) mass is 306 g/mol. The highest BCUT2D eigenvalue weighted by molar-refractivity contribution is 6.32. The van der Waals surface area contributed by atoms with Crippen LogP contribution in [0.4, 0.5) is 0 Å². The first-order chi connectivity index (χ1) is 9.97. The van der Waals surface area contributed by atoms with Gasteiger partial charge < -0.3 is 0 Å². The lowest BCUT2D eigenvalue weighted by atomic mass is 10.0. The molecule has 0 radical (unpaired) electrons. The number of nitrogens with one attached hydrogen (secondary N) is 1. The number of aromatic amines is 1. The molecule has 5 heteroatoms. The molecule has 1 N–H and O–H groups in total. The number of rotatable bonds is 4. The molecule has 0 bridgehead atoms. The molecule has 1 aromatic heterocycles. The summed E-state index contributed by atoms with van der Waals surface area (Å²) in [5.41, 5.74) is 0.257. The van der Waals surface area contributed by atoms with Gasteiger partial charge in [-0.2, -0.15) is 0 Å². The van der Waals surface area contributed by atoms with Gasteiger partial charge in [-0.05, 0) is 17.9 Å². The Morgan fingerprint density at radius 1 is 1.19 bits per heavy atom.